The summed E-state index contributed by atoms with van der Waals surface area (Å²) in [7, 11) is 1.63. The molecule has 0 unspecified atom stereocenters. The molecule has 1 fully saturated rings. The normalized spacial score (nSPS) is 13.8. The Kier molecular flexibility index (Phi) is 6.36. The fourth-order valence-electron chi connectivity index (χ4n) is 4.63. The first-order chi connectivity index (χ1) is 17.2. The topological polar surface area (TPSA) is 72.5 Å². The van der Waals surface area contributed by atoms with Crippen molar-refractivity contribution < 1.29 is 13.9 Å². The Bertz CT molecular complexity index is 1490. The second-order valence-corrected chi connectivity index (χ2v) is 8.60. The number of fused-ring (bicyclic) bond motifs is 1. The minimum Gasteiger partial charge on any atom is -0.493 e. The number of hydrogen-bond donors (Lipinski definition) is 0. The monoisotopic (exact) mass is 463 g/mol. The van der Waals surface area contributed by atoms with Gasteiger partial charge < -0.3 is 13.9 Å². The summed E-state index contributed by atoms with van der Waals surface area (Å²) < 4.78 is 17.7. The average molecular weight is 464 g/mol. The predicted octanol–water partition coefficient (Wildman–Crippen LogP) is 6.83. The molecule has 3 aromatic carbocycles. The van der Waals surface area contributed by atoms with Gasteiger partial charge in [0.25, 0.3) is 0 Å². The lowest BCUT2D eigenvalue weighted by molar-refractivity contribution is 0.200. The minimum atomic E-state index is -0.397. The molecule has 0 saturated heterocycles. The summed E-state index contributed by atoms with van der Waals surface area (Å²) in [6.45, 7) is 0. The second kappa shape index (κ2) is 9.90. The van der Waals surface area contributed by atoms with Crippen LogP contribution in [0.4, 0.5) is 0 Å². The Morgan fingerprint density at radius 2 is 1.69 bits per heavy atom. The highest BCUT2D eigenvalue weighted by molar-refractivity contribution is 5.99. The van der Waals surface area contributed by atoms with E-state index < -0.39 is 5.63 Å². The third-order valence-electron chi connectivity index (χ3n) is 6.40. The molecule has 0 aliphatic heterocycles. The molecule has 0 N–H and O–H groups in total. The Morgan fingerprint density at radius 3 is 2.40 bits per heavy atom. The van der Waals surface area contributed by atoms with E-state index in [2.05, 4.69) is 6.07 Å². The standard InChI is InChI=1S/C30H25NO4/c1-33-27-12-6-7-22(29(27)34-23-8-2-3-9-23)17-18-26-28(21-15-13-20(19-31)14-16-21)24-10-4-5-11-25(24)30(32)35-26/h4-7,10-18,23H,2-3,8-9H2,1H3. The van der Waals surface area contributed by atoms with Crippen LogP contribution in [0, 0.1) is 11.3 Å². The van der Waals surface area contributed by atoms with Gasteiger partial charge in [-0.15, -0.1) is 0 Å². The van der Waals surface area contributed by atoms with Gasteiger partial charge in [-0.2, -0.15) is 5.26 Å². The third-order valence-corrected chi connectivity index (χ3v) is 6.40. The number of para-hydroxylation sites is 1. The molecule has 0 radical (unpaired) electrons. The Labute approximate surface area is 203 Å². The molecule has 5 rings (SSSR count). The van der Waals surface area contributed by atoms with Gasteiger partial charge in [0.1, 0.15) is 5.76 Å². The van der Waals surface area contributed by atoms with Crippen molar-refractivity contribution in [1.29, 1.82) is 5.26 Å². The molecule has 5 nitrogen and oxygen atoms in total. The van der Waals surface area contributed by atoms with E-state index in [1.54, 1.807) is 31.4 Å². The molecule has 0 spiro atoms. The maximum atomic E-state index is 12.8. The Hall–Kier alpha value is -4.30. The molecular formula is C30H25NO4. The van der Waals surface area contributed by atoms with Gasteiger partial charge in [0, 0.05) is 16.5 Å². The summed E-state index contributed by atoms with van der Waals surface area (Å²) in [5.74, 6) is 1.81. The summed E-state index contributed by atoms with van der Waals surface area (Å²) in [6.07, 6.45) is 8.27. The highest BCUT2D eigenvalue weighted by atomic mass is 16.5. The zero-order valence-corrected chi connectivity index (χ0v) is 19.5. The number of hydrogen-bond acceptors (Lipinski definition) is 5. The van der Waals surface area contributed by atoms with Gasteiger partial charge in [-0.1, -0.05) is 42.5 Å². The van der Waals surface area contributed by atoms with Crippen LogP contribution in [0.25, 0.3) is 34.1 Å². The Balaban J connectivity index is 1.64. The number of nitriles is 1. The number of benzene rings is 3. The number of methoxy groups -OCH3 is 1. The van der Waals surface area contributed by atoms with Crippen molar-refractivity contribution in [3.63, 3.8) is 0 Å². The maximum Gasteiger partial charge on any atom is 0.344 e. The largest absolute Gasteiger partial charge is 0.493 e. The van der Waals surface area contributed by atoms with Crippen molar-refractivity contribution in [1.82, 2.24) is 0 Å². The molecule has 1 aromatic heterocycles. The van der Waals surface area contributed by atoms with Crippen molar-refractivity contribution in [3.05, 3.63) is 94.0 Å². The van der Waals surface area contributed by atoms with Gasteiger partial charge in [-0.3, -0.25) is 0 Å². The number of nitrogens with zero attached hydrogens (tertiary/aromatic N) is 1. The third kappa shape index (κ3) is 4.56. The van der Waals surface area contributed by atoms with Crippen molar-refractivity contribution >= 4 is 22.9 Å². The highest BCUT2D eigenvalue weighted by Crippen LogP contribution is 2.37. The first-order valence-corrected chi connectivity index (χ1v) is 11.8. The fraction of sp³-hybridized carbons (Fsp3) is 0.200. The maximum absolute atomic E-state index is 12.8. The van der Waals surface area contributed by atoms with Gasteiger partial charge in [0.05, 0.1) is 30.2 Å². The van der Waals surface area contributed by atoms with Crippen LogP contribution in [0.1, 0.15) is 42.6 Å². The van der Waals surface area contributed by atoms with Gasteiger partial charge in [0.15, 0.2) is 11.5 Å². The lowest BCUT2D eigenvalue weighted by atomic mass is 9.97. The van der Waals surface area contributed by atoms with Crippen LogP contribution in [-0.4, -0.2) is 13.2 Å². The average Bonchev–Trinajstić information content (AvgIpc) is 3.41. The van der Waals surface area contributed by atoms with E-state index in [9.17, 15) is 10.1 Å². The summed E-state index contributed by atoms with van der Waals surface area (Å²) in [5, 5.41) is 10.5. The van der Waals surface area contributed by atoms with E-state index in [-0.39, 0.29) is 6.10 Å². The van der Waals surface area contributed by atoms with Crippen molar-refractivity contribution in [2.45, 2.75) is 31.8 Å². The first-order valence-electron chi connectivity index (χ1n) is 11.8. The van der Waals surface area contributed by atoms with Gasteiger partial charge >= 0.3 is 5.63 Å². The van der Waals surface area contributed by atoms with Gasteiger partial charge in [-0.05, 0) is 67.7 Å². The molecule has 0 amide bonds. The summed E-state index contributed by atoms with van der Waals surface area (Å²) in [4.78, 5) is 12.8. The van der Waals surface area contributed by atoms with E-state index in [1.807, 2.05) is 54.6 Å². The Morgan fingerprint density at radius 1 is 0.943 bits per heavy atom. The minimum absolute atomic E-state index is 0.172. The van der Waals surface area contributed by atoms with Crippen LogP contribution in [-0.2, 0) is 0 Å². The fourth-order valence-corrected chi connectivity index (χ4v) is 4.63. The number of rotatable bonds is 6. The van der Waals surface area contributed by atoms with Crippen molar-refractivity contribution in [2.24, 2.45) is 0 Å². The second-order valence-electron chi connectivity index (χ2n) is 8.60. The molecule has 35 heavy (non-hydrogen) atoms. The molecule has 5 heteroatoms. The van der Waals surface area contributed by atoms with Crippen LogP contribution in [0.2, 0.25) is 0 Å². The molecule has 4 aromatic rings. The summed E-state index contributed by atoms with van der Waals surface area (Å²) in [6, 6.07) is 22.6. The van der Waals surface area contributed by atoms with E-state index in [1.165, 1.54) is 12.8 Å². The molecule has 0 bridgehead atoms. The van der Waals surface area contributed by atoms with Crippen LogP contribution in [0.5, 0.6) is 11.5 Å². The predicted molar refractivity (Wildman–Crippen MR) is 137 cm³/mol. The highest BCUT2D eigenvalue weighted by Gasteiger charge is 2.20. The van der Waals surface area contributed by atoms with Crippen LogP contribution in [0.3, 0.4) is 0 Å². The molecule has 1 saturated carbocycles. The lowest BCUT2D eigenvalue weighted by Crippen LogP contribution is -2.12. The van der Waals surface area contributed by atoms with Gasteiger partial charge in [0.2, 0.25) is 0 Å². The first kappa shape index (κ1) is 22.5. The van der Waals surface area contributed by atoms with Crippen LogP contribution in [0.15, 0.2) is 75.9 Å². The summed E-state index contributed by atoms with van der Waals surface area (Å²) in [5.41, 5.74) is 2.67. The van der Waals surface area contributed by atoms with Crippen LogP contribution >= 0.6 is 0 Å². The van der Waals surface area contributed by atoms with E-state index >= 15 is 0 Å². The molecule has 0 atom stereocenters. The van der Waals surface area contributed by atoms with Crippen molar-refractivity contribution in [3.8, 4) is 28.7 Å². The summed E-state index contributed by atoms with van der Waals surface area (Å²) >= 11 is 0. The molecule has 1 heterocycles. The molecular weight excluding hydrogens is 438 g/mol. The lowest BCUT2D eigenvalue weighted by Gasteiger charge is -2.18. The zero-order valence-electron chi connectivity index (χ0n) is 19.5. The van der Waals surface area contributed by atoms with E-state index in [0.717, 1.165) is 34.9 Å². The van der Waals surface area contributed by atoms with Crippen molar-refractivity contribution in [2.75, 3.05) is 7.11 Å². The SMILES string of the molecule is COc1cccc(C=Cc2oc(=O)c3ccccc3c2-c2ccc(C#N)cc2)c1OC1CCCC1. The zero-order chi connectivity index (χ0) is 24.2. The number of ether oxygens (including phenoxy) is 2. The molecule has 1 aliphatic carbocycles. The van der Waals surface area contributed by atoms with Crippen LogP contribution < -0.4 is 15.1 Å². The quantitative estimate of drug-likeness (QED) is 0.313. The van der Waals surface area contributed by atoms with E-state index in [4.69, 9.17) is 13.9 Å². The van der Waals surface area contributed by atoms with E-state index in [0.29, 0.717) is 28.2 Å². The smallest absolute Gasteiger partial charge is 0.344 e. The molecule has 174 valence electrons. The van der Waals surface area contributed by atoms with Gasteiger partial charge in [-0.25, -0.2) is 4.79 Å². The molecule has 1 aliphatic rings.